The molecule has 360 valence electrons. The van der Waals surface area contributed by atoms with Gasteiger partial charge in [0, 0.05) is 33.5 Å². The molecule has 77 heavy (non-hydrogen) atoms. The molecule has 2 heteroatoms. The van der Waals surface area contributed by atoms with Crippen molar-refractivity contribution >= 4 is 60.4 Å². The second-order valence-corrected chi connectivity index (χ2v) is 20.3. The van der Waals surface area contributed by atoms with Gasteiger partial charge < -0.3 is 9.47 Å². The third-order valence-electron chi connectivity index (χ3n) is 16.3. The van der Waals surface area contributed by atoms with Crippen LogP contribution in [0.4, 0.5) is 17.1 Å². The molecular formula is C75H50N2. The van der Waals surface area contributed by atoms with E-state index in [4.69, 9.17) is 0 Å². The predicted octanol–water partition coefficient (Wildman–Crippen LogP) is 19.9. The Morgan fingerprint density at radius 3 is 1.29 bits per heavy atom. The van der Waals surface area contributed by atoms with E-state index in [1.165, 1.54) is 110 Å². The van der Waals surface area contributed by atoms with Crippen LogP contribution in [-0.4, -0.2) is 4.57 Å². The van der Waals surface area contributed by atoms with E-state index in [0.29, 0.717) is 0 Å². The molecule has 1 heterocycles. The molecule has 0 amide bonds. The van der Waals surface area contributed by atoms with Gasteiger partial charge in [0.25, 0.3) is 0 Å². The van der Waals surface area contributed by atoms with Crippen LogP contribution >= 0.6 is 0 Å². The highest BCUT2D eigenvalue weighted by Gasteiger charge is 2.46. The fourth-order valence-electron chi connectivity index (χ4n) is 13.0. The van der Waals surface area contributed by atoms with Gasteiger partial charge in [-0.1, -0.05) is 237 Å². The van der Waals surface area contributed by atoms with E-state index >= 15 is 0 Å². The van der Waals surface area contributed by atoms with Crippen LogP contribution in [0.25, 0.3) is 93.5 Å². The van der Waals surface area contributed by atoms with Crippen LogP contribution in [0.5, 0.6) is 0 Å². The molecule has 1 aliphatic rings. The smallest absolute Gasteiger partial charge is 0.0713 e. The second-order valence-electron chi connectivity index (χ2n) is 20.3. The van der Waals surface area contributed by atoms with Crippen molar-refractivity contribution in [2.75, 3.05) is 4.90 Å². The lowest BCUT2D eigenvalue weighted by Gasteiger charge is -2.34. The summed E-state index contributed by atoms with van der Waals surface area (Å²) >= 11 is 0. The molecule has 1 aliphatic carbocycles. The minimum atomic E-state index is -0.489. The van der Waals surface area contributed by atoms with Gasteiger partial charge in [-0.3, -0.25) is 0 Å². The van der Waals surface area contributed by atoms with Gasteiger partial charge in [-0.2, -0.15) is 0 Å². The molecule has 2 nitrogen and oxygen atoms in total. The first kappa shape index (κ1) is 44.5. The number of fused-ring (bicyclic) bond motifs is 8. The van der Waals surface area contributed by atoms with Crippen molar-refractivity contribution in [3.05, 3.63) is 326 Å². The Labute approximate surface area is 448 Å². The van der Waals surface area contributed by atoms with Crippen LogP contribution < -0.4 is 4.90 Å². The predicted molar refractivity (Wildman–Crippen MR) is 324 cm³/mol. The van der Waals surface area contributed by atoms with E-state index < -0.39 is 5.41 Å². The lowest BCUT2D eigenvalue weighted by atomic mass is 9.68. The summed E-state index contributed by atoms with van der Waals surface area (Å²) in [5, 5.41) is 7.47. The lowest BCUT2D eigenvalue weighted by molar-refractivity contribution is 0.768. The number of para-hydroxylation sites is 2. The van der Waals surface area contributed by atoms with Gasteiger partial charge in [0.05, 0.1) is 16.4 Å². The first-order chi connectivity index (χ1) is 38.2. The molecular weight excluding hydrogens is 929 g/mol. The zero-order valence-electron chi connectivity index (χ0n) is 42.3. The molecule has 0 saturated carbocycles. The number of hydrogen-bond donors (Lipinski definition) is 0. The maximum Gasteiger partial charge on any atom is 0.0713 e. The van der Waals surface area contributed by atoms with Crippen LogP contribution in [0.2, 0.25) is 0 Å². The second kappa shape index (κ2) is 18.1. The first-order valence-corrected chi connectivity index (χ1v) is 26.7. The van der Waals surface area contributed by atoms with E-state index in [2.05, 4.69) is 313 Å². The molecule has 0 spiro atoms. The Morgan fingerprint density at radius 1 is 0.260 bits per heavy atom. The maximum absolute atomic E-state index is 2.44. The summed E-state index contributed by atoms with van der Waals surface area (Å²) in [7, 11) is 0. The normalized spacial score (nSPS) is 12.5. The van der Waals surface area contributed by atoms with Crippen LogP contribution in [0, 0.1) is 0 Å². The Bertz CT molecular complexity index is 4420. The number of aromatic nitrogens is 1. The molecule has 14 aromatic rings. The van der Waals surface area contributed by atoms with Crippen molar-refractivity contribution in [2.24, 2.45) is 0 Å². The van der Waals surface area contributed by atoms with Crippen molar-refractivity contribution in [3.63, 3.8) is 0 Å². The highest BCUT2D eigenvalue weighted by Crippen LogP contribution is 2.57. The number of nitrogens with zero attached hydrogens (tertiary/aromatic N) is 2. The van der Waals surface area contributed by atoms with Crippen molar-refractivity contribution in [1.82, 2.24) is 4.57 Å². The van der Waals surface area contributed by atoms with Gasteiger partial charge in [0.15, 0.2) is 0 Å². The summed E-state index contributed by atoms with van der Waals surface area (Å²) < 4.78 is 2.38. The molecule has 0 saturated heterocycles. The number of hydrogen-bond acceptors (Lipinski definition) is 1. The van der Waals surface area contributed by atoms with Crippen LogP contribution in [0.1, 0.15) is 22.3 Å². The van der Waals surface area contributed by atoms with E-state index in [1.54, 1.807) is 0 Å². The van der Waals surface area contributed by atoms with E-state index in [9.17, 15) is 0 Å². The first-order valence-electron chi connectivity index (χ1n) is 26.7. The highest BCUT2D eigenvalue weighted by molar-refractivity contribution is 6.21. The fourth-order valence-corrected chi connectivity index (χ4v) is 13.0. The number of benzene rings is 13. The van der Waals surface area contributed by atoms with E-state index in [-0.39, 0.29) is 0 Å². The summed E-state index contributed by atoms with van der Waals surface area (Å²) in [6, 6.07) is 112. The summed E-state index contributed by atoms with van der Waals surface area (Å²) in [5.41, 5.74) is 21.2. The monoisotopic (exact) mass is 978 g/mol. The van der Waals surface area contributed by atoms with E-state index in [1.807, 2.05) is 0 Å². The van der Waals surface area contributed by atoms with Crippen molar-refractivity contribution in [1.29, 1.82) is 0 Å². The quantitative estimate of drug-likeness (QED) is 0.131. The largest absolute Gasteiger partial charge is 0.310 e. The van der Waals surface area contributed by atoms with Gasteiger partial charge in [-0.25, -0.2) is 0 Å². The van der Waals surface area contributed by atoms with Gasteiger partial charge in [-0.05, 0) is 155 Å². The molecule has 1 aromatic heterocycles. The molecule has 0 bridgehead atoms. The highest BCUT2D eigenvalue weighted by atomic mass is 15.1. The van der Waals surface area contributed by atoms with Crippen molar-refractivity contribution in [2.45, 2.75) is 5.41 Å². The standard InChI is InChI=1S/C75H50N2/c1-5-21-52(22-6-1)73-63-31-13-15-33-65(63)74(66-34-16-14-32-64(66)73)53-39-44-59(45-40-53)76(58-42-37-51(38-43-58)54-41-48-72-68(49-54)62-30-18-20-36-71(62)77(72)57-27-11-4-12-28-57)60-46-47-70-67(50-60)61-29-17-19-35-69(61)75(70,55-23-7-2-8-24-55)56-25-9-3-10-26-56/h1-50H. The Kier molecular flexibility index (Phi) is 10.5. The minimum absolute atomic E-state index is 0.489. The molecule has 0 aliphatic heterocycles. The van der Waals surface area contributed by atoms with E-state index in [0.717, 1.165) is 22.7 Å². The maximum atomic E-state index is 2.44. The van der Waals surface area contributed by atoms with Crippen LogP contribution in [-0.2, 0) is 5.41 Å². The number of rotatable bonds is 9. The molecule has 0 atom stereocenters. The SMILES string of the molecule is c1ccc(-c2c3ccccc3c(-c3ccc(N(c4ccc(-c5ccc6c(c5)c5ccccc5n6-c5ccccc5)cc4)c4ccc5c(c4)-c4ccccc4C5(c4ccccc4)c4ccccc4)cc3)c3ccccc23)cc1. The summed E-state index contributed by atoms with van der Waals surface area (Å²) in [6.45, 7) is 0. The summed E-state index contributed by atoms with van der Waals surface area (Å²) in [6.07, 6.45) is 0. The molecule has 0 radical (unpaired) electrons. The molecule has 0 unspecified atom stereocenters. The minimum Gasteiger partial charge on any atom is -0.310 e. The summed E-state index contributed by atoms with van der Waals surface area (Å²) in [4.78, 5) is 2.44. The molecule has 0 fully saturated rings. The van der Waals surface area contributed by atoms with Gasteiger partial charge >= 0.3 is 0 Å². The summed E-state index contributed by atoms with van der Waals surface area (Å²) in [5.74, 6) is 0. The van der Waals surface area contributed by atoms with Crippen molar-refractivity contribution in [3.8, 4) is 50.2 Å². The Balaban J connectivity index is 0.897. The van der Waals surface area contributed by atoms with Crippen LogP contribution in [0.15, 0.2) is 303 Å². The zero-order chi connectivity index (χ0) is 50.9. The average Bonchev–Trinajstić information content (AvgIpc) is 4.25. The van der Waals surface area contributed by atoms with Gasteiger partial charge in [-0.15, -0.1) is 0 Å². The molecule has 0 N–H and O–H groups in total. The zero-order valence-corrected chi connectivity index (χ0v) is 42.3. The number of anilines is 3. The molecule has 13 aromatic carbocycles. The van der Waals surface area contributed by atoms with Gasteiger partial charge in [0.1, 0.15) is 0 Å². The fraction of sp³-hybridized carbons (Fsp3) is 0.0133. The topological polar surface area (TPSA) is 8.17 Å². The van der Waals surface area contributed by atoms with Crippen molar-refractivity contribution < 1.29 is 0 Å². The van der Waals surface area contributed by atoms with Gasteiger partial charge in [0.2, 0.25) is 0 Å². The Hall–Kier alpha value is -10.0. The Morgan fingerprint density at radius 2 is 0.688 bits per heavy atom. The average molecular weight is 979 g/mol. The molecule has 15 rings (SSSR count). The lowest BCUT2D eigenvalue weighted by Crippen LogP contribution is -2.28. The third kappa shape index (κ3) is 7.03. The van der Waals surface area contributed by atoms with Crippen LogP contribution in [0.3, 0.4) is 0 Å². The third-order valence-corrected chi connectivity index (χ3v) is 16.3.